The Hall–Kier alpha value is -1.52. The van der Waals surface area contributed by atoms with E-state index in [1.165, 1.54) is 48.9 Å². The van der Waals surface area contributed by atoms with Crippen molar-refractivity contribution in [1.82, 2.24) is 9.88 Å². The summed E-state index contributed by atoms with van der Waals surface area (Å²) in [6, 6.07) is 6.22. The molecule has 0 aliphatic carbocycles. The Balaban J connectivity index is 0.000000704. The molecule has 1 fully saturated rings. The highest BCUT2D eigenvalue weighted by Crippen LogP contribution is 2.24. The lowest BCUT2D eigenvalue weighted by Crippen LogP contribution is -2.21. The highest BCUT2D eigenvalue weighted by atomic mass is 16.5. The van der Waals surface area contributed by atoms with E-state index in [0.717, 1.165) is 19.3 Å². The van der Waals surface area contributed by atoms with Crippen molar-refractivity contribution in [2.24, 2.45) is 0 Å². The van der Waals surface area contributed by atoms with Crippen LogP contribution in [0.5, 0.6) is 5.75 Å². The zero-order chi connectivity index (χ0) is 14.4. The maximum atomic E-state index is 7.00. The second-order valence-electron chi connectivity index (χ2n) is 5.02. The zero-order valence-corrected chi connectivity index (χ0v) is 12.4. The number of ether oxygens (including phenoxy) is 1. The van der Waals surface area contributed by atoms with Crippen LogP contribution in [0, 0.1) is 0 Å². The van der Waals surface area contributed by atoms with Crippen LogP contribution in [-0.2, 0) is 6.42 Å². The van der Waals surface area contributed by atoms with Gasteiger partial charge in [0, 0.05) is 30.8 Å². The summed E-state index contributed by atoms with van der Waals surface area (Å²) in [5.74, 6) is 0.935. The van der Waals surface area contributed by atoms with Crippen molar-refractivity contribution in [2.75, 3.05) is 33.9 Å². The van der Waals surface area contributed by atoms with Crippen LogP contribution in [0.1, 0.15) is 18.4 Å². The van der Waals surface area contributed by atoms with Crippen LogP contribution < -0.4 is 4.74 Å². The van der Waals surface area contributed by atoms with Gasteiger partial charge in [0.1, 0.15) is 5.75 Å². The Kier molecular flexibility index (Phi) is 5.44. The summed E-state index contributed by atoms with van der Waals surface area (Å²) >= 11 is 0. The van der Waals surface area contributed by atoms with Crippen LogP contribution in [0.4, 0.5) is 0 Å². The number of H-pyrrole nitrogens is 1. The first-order chi connectivity index (χ1) is 9.86. The Morgan fingerprint density at radius 1 is 1.25 bits per heavy atom. The van der Waals surface area contributed by atoms with Crippen LogP contribution in [-0.4, -0.2) is 48.8 Å². The first-order valence-corrected chi connectivity index (χ1v) is 7.18. The summed E-state index contributed by atoms with van der Waals surface area (Å²) in [5.41, 5.74) is 2.60. The summed E-state index contributed by atoms with van der Waals surface area (Å²) in [5, 5.41) is 8.30. The van der Waals surface area contributed by atoms with Crippen molar-refractivity contribution in [2.45, 2.75) is 19.3 Å². The third kappa shape index (κ3) is 3.32. The maximum Gasteiger partial charge on any atom is 0.119 e. The third-order valence-electron chi connectivity index (χ3n) is 3.87. The van der Waals surface area contributed by atoms with E-state index in [1.54, 1.807) is 7.11 Å². The van der Waals surface area contributed by atoms with Crippen molar-refractivity contribution < 1.29 is 9.84 Å². The van der Waals surface area contributed by atoms with Crippen LogP contribution in [0.2, 0.25) is 0 Å². The van der Waals surface area contributed by atoms with Crippen LogP contribution >= 0.6 is 0 Å². The van der Waals surface area contributed by atoms with Gasteiger partial charge in [-0.05, 0) is 56.1 Å². The van der Waals surface area contributed by atoms with Gasteiger partial charge in [0.2, 0.25) is 0 Å². The minimum atomic E-state index is 0.935. The van der Waals surface area contributed by atoms with E-state index >= 15 is 0 Å². The van der Waals surface area contributed by atoms with Gasteiger partial charge in [0.25, 0.3) is 0 Å². The Labute approximate surface area is 120 Å². The van der Waals surface area contributed by atoms with Crippen LogP contribution in [0.25, 0.3) is 10.9 Å². The number of nitrogens with one attached hydrogen (secondary N) is 1. The number of aliphatic hydroxyl groups is 1. The van der Waals surface area contributed by atoms with Crippen molar-refractivity contribution in [3.63, 3.8) is 0 Å². The first-order valence-electron chi connectivity index (χ1n) is 7.18. The predicted octanol–water partition coefficient (Wildman–Crippen LogP) is 2.42. The normalized spacial score (nSPS) is 15.2. The molecule has 1 aliphatic heterocycles. The van der Waals surface area contributed by atoms with Crippen LogP contribution in [0.3, 0.4) is 0 Å². The number of hydrogen-bond acceptors (Lipinski definition) is 3. The van der Waals surface area contributed by atoms with Crippen molar-refractivity contribution >= 4 is 10.9 Å². The lowest BCUT2D eigenvalue weighted by molar-refractivity contribution is 0.344. The molecule has 0 unspecified atom stereocenters. The van der Waals surface area contributed by atoms with Crippen LogP contribution in [0.15, 0.2) is 24.4 Å². The van der Waals surface area contributed by atoms with E-state index in [4.69, 9.17) is 9.84 Å². The monoisotopic (exact) mass is 276 g/mol. The molecule has 1 aliphatic rings. The fourth-order valence-electron chi connectivity index (χ4n) is 2.78. The smallest absolute Gasteiger partial charge is 0.119 e. The van der Waals surface area contributed by atoms with E-state index in [9.17, 15) is 0 Å². The van der Waals surface area contributed by atoms with Gasteiger partial charge >= 0.3 is 0 Å². The molecular formula is C16H24N2O2. The van der Waals surface area contributed by atoms with Gasteiger partial charge in [-0.25, -0.2) is 0 Å². The molecule has 1 aromatic carbocycles. The number of aromatic amines is 1. The second-order valence-corrected chi connectivity index (χ2v) is 5.02. The molecule has 2 N–H and O–H groups in total. The summed E-state index contributed by atoms with van der Waals surface area (Å²) < 4.78 is 5.30. The maximum absolute atomic E-state index is 7.00. The van der Waals surface area contributed by atoms with Crippen molar-refractivity contribution in [3.8, 4) is 5.75 Å². The summed E-state index contributed by atoms with van der Waals surface area (Å²) in [7, 11) is 2.72. The van der Waals surface area contributed by atoms with Gasteiger partial charge in [-0.3, -0.25) is 0 Å². The number of hydrogen-bond donors (Lipinski definition) is 2. The minimum absolute atomic E-state index is 0.935. The molecule has 2 heterocycles. The molecular weight excluding hydrogens is 252 g/mol. The molecule has 110 valence electrons. The molecule has 4 nitrogen and oxygen atoms in total. The quantitative estimate of drug-likeness (QED) is 0.901. The Bertz CT molecular complexity index is 530. The van der Waals surface area contributed by atoms with Gasteiger partial charge in [-0.15, -0.1) is 0 Å². The number of nitrogens with zero attached hydrogens (tertiary/aromatic N) is 1. The molecule has 0 saturated carbocycles. The van der Waals surface area contributed by atoms with E-state index in [-0.39, 0.29) is 0 Å². The molecule has 3 rings (SSSR count). The fraction of sp³-hybridized carbons (Fsp3) is 0.500. The average Bonchev–Trinajstić information content (AvgIpc) is 3.16. The molecule has 1 aromatic heterocycles. The van der Waals surface area contributed by atoms with Gasteiger partial charge < -0.3 is 19.7 Å². The van der Waals surface area contributed by atoms with E-state index in [1.807, 2.05) is 6.07 Å². The first kappa shape index (κ1) is 14.9. The summed E-state index contributed by atoms with van der Waals surface area (Å²) in [4.78, 5) is 5.90. The SMILES string of the molecule is CO.COc1ccc2[nH]cc(CCN3CCCC3)c2c1. The lowest BCUT2D eigenvalue weighted by atomic mass is 10.1. The highest BCUT2D eigenvalue weighted by Gasteiger charge is 2.12. The predicted molar refractivity (Wildman–Crippen MR) is 82.4 cm³/mol. The Morgan fingerprint density at radius 2 is 2.00 bits per heavy atom. The number of aromatic nitrogens is 1. The number of fused-ring (bicyclic) bond motifs is 1. The number of likely N-dealkylation sites (tertiary alicyclic amines) is 1. The molecule has 2 aromatic rings. The molecule has 0 atom stereocenters. The highest BCUT2D eigenvalue weighted by molar-refractivity contribution is 5.84. The largest absolute Gasteiger partial charge is 0.497 e. The fourth-order valence-corrected chi connectivity index (χ4v) is 2.78. The number of aliphatic hydroxyl groups excluding tert-OH is 1. The van der Waals surface area contributed by atoms with Crippen molar-refractivity contribution in [1.29, 1.82) is 0 Å². The number of methoxy groups -OCH3 is 1. The molecule has 4 heteroatoms. The summed E-state index contributed by atoms with van der Waals surface area (Å²) in [6.07, 6.45) is 5.98. The number of rotatable bonds is 4. The van der Waals surface area contributed by atoms with Gasteiger partial charge in [0.05, 0.1) is 7.11 Å². The van der Waals surface area contributed by atoms with Crippen molar-refractivity contribution in [3.05, 3.63) is 30.0 Å². The second kappa shape index (κ2) is 7.31. The molecule has 0 radical (unpaired) electrons. The van der Waals surface area contributed by atoms with E-state index in [0.29, 0.717) is 0 Å². The van der Waals surface area contributed by atoms with E-state index in [2.05, 4.69) is 28.2 Å². The number of benzene rings is 1. The van der Waals surface area contributed by atoms with Gasteiger partial charge in [-0.1, -0.05) is 0 Å². The minimum Gasteiger partial charge on any atom is -0.497 e. The lowest BCUT2D eigenvalue weighted by Gasteiger charge is -2.13. The average molecular weight is 276 g/mol. The summed E-state index contributed by atoms with van der Waals surface area (Å²) in [6.45, 7) is 3.71. The Morgan fingerprint density at radius 3 is 2.70 bits per heavy atom. The third-order valence-corrected chi connectivity index (χ3v) is 3.87. The molecule has 1 saturated heterocycles. The topological polar surface area (TPSA) is 48.5 Å². The molecule has 0 amide bonds. The van der Waals surface area contributed by atoms with Gasteiger partial charge in [0.15, 0.2) is 0 Å². The van der Waals surface area contributed by atoms with Gasteiger partial charge in [-0.2, -0.15) is 0 Å². The standard InChI is InChI=1S/C15H20N2O.CH4O/c1-18-13-4-5-15-14(10-13)12(11-16-15)6-9-17-7-2-3-8-17;1-2/h4-5,10-11,16H,2-3,6-9H2,1H3;2H,1H3. The zero-order valence-electron chi connectivity index (χ0n) is 12.4. The molecule has 0 spiro atoms. The van der Waals surface area contributed by atoms with E-state index < -0.39 is 0 Å². The molecule has 20 heavy (non-hydrogen) atoms. The molecule has 0 bridgehead atoms.